The molecule has 0 atom stereocenters. The van der Waals surface area contributed by atoms with Gasteiger partial charge >= 0.3 is 0 Å². The standard InChI is InChI=1S/C27H30N4O3S/c32-27(29-25-9-11-26(12-10-25)35(33,34)31-17-14-28-15-18-31)23-7-5-21(6-8-23)19-30-16-13-22-3-1-2-4-24(22)20-30/h1-12,28H,13-20H2,(H,29,32). The summed E-state index contributed by atoms with van der Waals surface area (Å²) in [5.74, 6) is -0.221. The number of sulfonamides is 1. The Hall–Kier alpha value is -3.04. The zero-order valence-corrected chi connectivity index (χ0v) is 20.4. The fourth-order valence-electron chi connectivity index (χ4n) is 4.66. The van der Waals surface area contributed by atoms with Crippen LogP contribution < -0.4 is 10.6 Å². The molecule has 3 aromatic rings. The molecule has 0 unspecified atom stereocenters. The molecule has 1 fully saturated rings. The van der Waals surface area contributed by atoms with Crippen LogP contribution in [0.5, 0.6) is 0 Å². The molecule has 0 bridgehead atoms. The zero-order valence-electron chi connectivity index (χ0n) is 19.6. The first-order valence-electron chi connectivity index (χ1n) is 12.0. The summed E-state index contributed by atoms with van der Waals surface area (Å²) < 4.78 is 27.1. The maximum Gasteiger partial charge on any atom is 0.255 e. The number of anilines is 1. The smallest absolute Gasteiger partial charge is 0.255 e. The molecule has 2 N–H and O–H groups in total. The molecule has 5 rings (SSSR count). The summed E-state index contributed by atoms with van der Waals surface area (Å²) in [7, 11) is -3.52. The third kappa shape index (κ3) is 5.46. The molecule has 1 saturated heterocycles. The van der Waals surface area contributed by atoms with Crippen LogP contribution in [0.1, 0.15) is 27.0 Å². The second-order valence-electron chi connectivity index (χ2n) is 9.06. The van der Waals surface area contributed by atoms with Gasteiger partial charge in [0.2, 0.25) is 10.0 Å². The Bertz CT molecular complexity index is 1280. The number of benzene rings is 3. The Balaban J connectivity index is 1.18. The molecule has 1 amide bonds. The fourth-order valence-corrected chi connectivity index (χ4v) is 6.10. The second-order valence-corrected chi connectivity index (χ2v) is 11.0. The van der Waals surface area contributed by atoms with E-state index in [4.69, 9.17) is 0 Å². The van der Waals surface area contributed by atoms with Gasteiger partial charge in [0, 0.05) is 57.1 Å². The van der Waals surface area contributed by atoms with Crippen molar-refractivity contribution in [3.8, 4) is 0 Å². The van der Waals surface area contributed by atoms with Gasteiger partial charge in [0.1, 0.15) is 0 Å². The second kappa shape index (κ2) is 10.3. The summed E-state index contributed by atoms with van der Waals surface area (Å²) in [5, 5.41) is 6.02. The Morgan fingerprint density at radius 2 is 1.54 bits per heavy atom. The van der Waals surface area contributed by atoms with E-state index < -0.39 is 10.0 Å². The van der Waals surface area contributed by atoms with E-state index in [1.54, 1.807) is 24.3 Å². The number of carbonyl (C=O) groups excluding carboxylic acids is 1. The summed E-state index contributed by atoms with van der Waals surface area (Å²) in [4.78, 5) is 15.4. The van der Waals surface area contributed by atoms with Crippen molar-refractivity contribution in [3.05, 3.63) is 95.1 Å². The molecular weight excluding hydrogens is 460 g/mol. The lowest BCUT2D eigenvalue weighted by atomic mass is 9.99. The van der Waals surface area contributed by atoms with Crippen molar-refractivity contribution in [1.29, 1.82) is 0 Å². The van der Waals surface area contributed by atoms with E-state index >= 15 is 0 Å². The van der Waals surface area contributed by atoms with Gasteiger partial charge in [-0.3, -0.25) is 9.69 Å². The zero-order chi connectivity index (χ0) is 24.3. The Labute approximate surface area is 206 Å². The topological polar surface area (TPSA) is 81.8 Å². The van der Waals surface area contributed by atoms with Crippen LogP contribution in [0, 0.1) is 0 Å². The van der Waals surface area contributed by atoms with Gasteiger partial charge in [0.25, 0.3) is 5.91 Å². The van der Waals surface area contributed by atoms with Crippen molar-refractivity contribution >= 4 is 21.6 Å². The highest BCUT2D eigenvalue weighted by atomic mass is 32.2. The van der Waals surface area contributed by atoms with Crippen LogP contribution >= 0.6 is 0 Å². The normalized spacial score (nSPS) is 17.0. The molecule has 3 aromatic carbocycles. The average molecular weight is 491 g/mol. The molecule has 7 nitrogen and oxygen atoms in total. The summed E-state index contributed by atoms with van der Waals surface area (Å²) >= 11 is 0. The van der Waals surface area contributed by atoms with E-state index in [1.165, 1.54) is 21.0 Å². The number of rotatable bonds is 6. The predicted molar refractivity (Wildman–Crippen MR) is 137 cm³/mol. The van der Waals surface area contributed by atoms with Gasteiger partial charge in [-0.1, -0.05) is 36.4 Å². The van der Waals surface area contributed by atoms with Crippen molar-refractivity contribution in [1.82, 2.24) is 14.5 Å². The van der Waals surface area contributed by atoms with Crippen molar-refractivity contribution < 1.29 is 13.2 Å². The first-order chi connectivity index (χ1) is 17.0. The van der Waals surface area contributed by atoms with Crippen LogP contribution in [0.2, 0.25) is 0 Å². The number of nitrogens with zero attached hydrogens (tertiary/aromatic N) is 2. The quantitative estimate of drug-likeness (QED) is 0.555. The first-order valence-corrected chi connectivity index (χ1v) is 13.4. The third-order valence-electron chi connectivity index (χ3n) is 6.66. The van der Waals surface area contributed by atoms with Crippen LogP contribution in [-0.4, -0.2) is 56.3 Å². The summed E-state index contributed by atoms with van der Waals surface area (Å²) in [5.41, 5.74) is 5.12. The molecule has 2 aliphatic rings. The van der Waals surface area contributed by atoms with E-state index in [0.29, 0.717) is 37.4 Å². The van der Waals surface area contributed by atoms with Gasteiger partial charge in [0.05, 0.1) is 4.90 Å². The number of hydrogen-bond donors (Lipinski definition) is 2. The van der Waals surface area contributed by atoms with E-state index in [9.17, 15) is 13.2 Å². The van der Waals surface area contributed by atoms with Crippen LogP contribution in [-0.2, 0) is 29.5 Å². The maximum atomic E-state index is 12.8. The lowest BCUT2D eigenvalue weighted by molar-refractivity contribution is 0.102. The largest absolute Gasteiger partial charge is 0.322 e. The van der Waals surface area contributed by atoms with Gasteiger partial charge in [-0.2, -0.15) is 4.31 Å². The van der Waals surface area contributed by atoms with Crippen molar-refractivity contribution in [2.75, 3.05) is 38.0 Å². The minimum atomic E-state index is -3.52. The number of fused-ring (bicyclic) bond motifs is 1. The predicted octanol–water partition coefficient (Wildman–Crippen LogP) is 3.09. The van der Waals surface area contributed by atoms with Crippen LogP contribution in [0.25, 0.3) is 0 Å². The molecule has 182 valence electrons. The summed E-state index contributed by atoms with van der Waals surface area (Å²) in [6, 6.07) is 22.6. The molecule has 2 aliphatic heterocycles. The molecule has 0 spiro atoms. The first kappa shape index (κ1) is 23.7. The van der Waals surface area contributed by atoms with Gasteiger partial charge in [-0.05, 0) is 59.5 Å². The number of hydrogen-bond acceptors (Lipinski definition) is 5. The number of nitrogens with one attached hydrogen (secondary N) is 2. The van der Waals surface area contributed by atoms with E-state index in [1.807, 2.05) is 24.3 Å². The Kier molecular flexibility index (Phi) is 6.97. The summed E-state index contributed by atoms with van der Waals surface area (Å²) in [6.07, 6.45) is 1.06. The molecular formula is C27H30N4O3S. The molecule has 0 saturated carbocycles. The highest BCUT2D eigenvalue weighted by Gasteiger charge is 2.25. The van der Waals surface area contributed by atoms with Crippen molar-refractivity contribution in [2.45, 2.75) is 24.4 Å². The van der Waals surface area contributed by atoms with Crippen molar-refractivity contribution in [2.24, 2.45) is 0 Å². The molecule has 2 heterocycles. The minimum absolute atomic E-state index is 0.221. The lowest BCUT2D eigenvalue weighted by Gasteiger charge is -2.28. The molecule has 0 aromatic heterocycles. The van der Waals surface area contributed by atoms with Crippen LogP contribution in [0.15, 0.2) is 77.7 Å². The molecule has 0 aliphatic carbocycles. The summed E-state index contributed by atoms with van der Waals surface area (Å²) in [6.45, 7) is 5.04. The van der Waals surface area contributed by atoms with Gasteiger partial charge < -0.3 is 10.6 Å². The van der Waals surface area contributed by atoms with Gasteiger partial charge in [0.15, 0.2) is 0 Å². The highest BCUT2D eigenvalue weighted by molar-refractivity contribution is 7.89. The monoisotopic (exact) mass is 490 g/mol. The lowest BCUT2D eigenvalue weighted by Crippen LogP contribution is -2.46. The fraction of sp³-hybridized carbons (Fsp3) is 0.296. The number of carbonyl (C=O) groups is 1. The number of piperazine rings is 1. The van der Waals surface area contributed by atoms with E-state index in [0.717, 1.165) is 26.1 Å². The van der Waals surface area contributed by atoms with E-state index in [2.05, 4.69) is 39.8 Å². The SMILES string of the molecule is O=C(Nc1ccc(S(=O)(=O)N2CCNCC2)cc1)c1ccc(CN2CCc3ccccc3C2)cc1. The molecule has 0 radical (unpaired) electrons. The Morgan fingerprint density at radius 1 is 0.857 bits per heavy atom. The van der Waals surface area contributed by atoms with Gasteiger partial charge in [-0.15, -0.1) is 0 Å². The van der Waals surface area contributed by atoms with Gasteiger partial charge in [-0.25, -0.2) is 8.42 Å². The molecule has 35 heavy (non-hydrogen) atoms. The average Bonchev–Trinajstić information content (AvgIpc) is 2.90. The number of amides is 1. The molecule has 8 heteroatoms. The maximum absolute atomic E-state index is 12.8. The Morgan fingerprint density at radius 3 is 2.26 bits per heavy atom. The van der Waals surface area contributed by atoms with Crippen molar-refractivity contribution in [3.63, 3.8) is 0 Å². The third-order valence-corrected chi connectivity index (χ3v) is 8.57. The minimum Gasteiger partial charge on any atom is -0.322 e. The highest BCUT2D eigenvalue weighted by Crippen LogP contribution is 2.21. The van der Waals surface area contributed by atoms with Crippen LogP contribution in [0.4, 0.5) is 5.69 Å². The van der Waals surface area contributed by atoms with Crippen LogP contribution in [0.3, 0.4) is 0 Å². The van der Waals surface area contributed by atoms with E-state index in [-0.39, 0.29) is 10.8 Å².